The van der Waals surface area contributed by atoms with Gasteiger partial charge in [0.1, 0.15) is 5.69 Å². The van der Waals surface area contributed by atoms with E-state index in [9.17, 15) is 14.9 Å². The number of nitrogens with one attached hydrogen (secondary N) is 1. The molecule has 0 spiro atoms. The van der Waals surface area contributed by atoms with Crippen molar-refractivity contribution in [3.63, 3.8) is 0 Å². The first-order valence-corrected chi connectivity index (χ1v) is 7.54. The molecule has 0 aliphatic carbocycles. The van der Waals surface area contributed by atoms with Crippen molar-refractivity contribution < 1.29 is 14.1 Å². The molecule has 0 aliphatic heterocycles. The molecule has 1 aromatic heterocycles. The topological polar surface area (TPSA) is 111 Å². The highest BCUT2D eigenvalue weighted by molar-refractivity contribution is 5.93. The van der Waals surface area contributed by atoms with Crippen LogP contribution in [0.15, 0.2) is 59.0 Å². The number of hydrogen-bond donors (Lipinski definition) is 1. The first-order valence-electron chi connectivity index (χ1n) is 7.54. The number of nitro benzene ring substituents is 1. The third-order valence-electron chi connectivity index (χ3n) is 3.43. The van der Waals surface area contributed by atoms with Crippen LogP contribution in [0, 0.1) is 10.1 Å². The van der Waals surface area contributed by atoms with Crippen LogP contribution in [0.3, 0.4) is 0 Å². The Labute approximate surface area is 142 Å². The predicted molar refractivity (Wildman–Crippen MR) is 89.8 cm³/mol. The maximum absolute atomic E-state index is 12.0. The van der Waals surface area contributed by atoms with Crippen LogP contribution in [-0.4, -0.2) is 21.0 Å². The highest BCUT2D eigenvalue weighted by atomic mass is 16.6. The number of anilines is 1. The molecule has 25 heavy (non-hydrogen) atoms. The molecule has 0 radical (unpaired) electrons. The number of nitrogens with zero attached hydrogens (tertiary/aromatic N) is 3. The maximum Gasteiger partial charge on any atom is 0.292 e. The minimum Gasteiger partial charge on any atom is -0.421 e. The van der Waals surface area contributed by atoms with Crippen molar-refractivity contribution in [2.75, 3.05) is 5.32 Å². The van der Waals surface area contributed by atoms with Crippen molar-refractivity contribution >= 4 is 17.3 Å². The third kappa shape index (κ3) is 4.05. The van der Waals surface area contributed by atoms with Gasteiger partial charge in [0.25, 0.3) is 5.69 Å². The van der Waals surface area contributed by atoms with E-state index >= 15 is 0 Å². The number of aromatic nitrogens is 2. The second-order valence-corrected chi connectivity index (χ2v) is 5.19. The van der Waals surface area contributed by atoms with Crippen LogP contribution in [-0.2, 0) is 11.2 Å². The van der Waals surface area contributed by atoms with Gasteiger partial charge in [-0.1, -0.05) is 30.3 Å². The van der Waals surface area contributed by atoms with Gasteiger partial charge in [-0.2, -0.15) is 0 Å². The summed E-state index contributed by atoms with van der Waals surface area (Å²) in [6, 6.07) is 15.3. The summed E-state index contributed by atoms with van der Waals surface area (Å²) in [6.07, 6.45) is 0.314. The number of aryl methyl sites for hydroxylation is 1. The molecular weight excluding hydrogens is 324 g/mol. The molecule has 8 nitrogen and oxygen atoms in total. The fraction of sp³-hybridized carbons (Fsp3) is 0.118. The summed E-state index contributed by atoms with van der Waals surface area (Å²) in [5.41, 5.74) is 0.804. The van der Waals surface area contributed by atoms with Crippen molar-refractivity contribution in [3.05, 3.63) is 70.6 Å². The largest absolute Gasteiger partial charge is 0.421 e. The maximum atomic E-state index is 12.0. The van der Waals surface area contributed by atoms with Crippen LogP contribution in [0.2, 0.25) is 0 Å². The minimum atomic E-state index is -0.542. The molecule has 0 bridgehead atoms. The number of para-hydroxylation sites is 2. The summed E-state index contributed by atoms with van der Waals surface area (Å²) in [7, 11) is 0. The van der Waals surface area contributed by atoms with Crippen molar-refractivity contribution in [1.82, 2.24) is 10.2 Å². The number of amides is 1. The van der Waals surface area contributed by atoms with Gasteiger partial charge in [-0.25, -0.2) is 0 Å². The summed E-state index contributed by atoms with van der Waals surface area (Å²) in [5.74, 6) is 0.347. The molecule has 0 saturated heterocycles. The van der Waals surface area contributed by atoms with Gasteiger partial charge in [0.2, 0.25) is 17.7 Å². The average molecular weight is 338 g/mol. The Morgan fingerprint density at radius 3 is 2.56 bits per heavy atom. The standard InChI is InChI=1S/C17H14N4O4/c22-15(18-13-8-4-5-9-14(13)21(23)24)10-11-16-19-20-17(25-16)12-6-2-1-3-7-12/h1-9H,10-11H2,(H,18,22). The van der Waals surface area contributed by atoms with Gasteiger partial charge in [-0.3, -0.25) is 14.9 Å². The summed E-state index contributed by atoms with van der Waals surface area (Å²) in [4.78, 5) is 22.4. The van der Waals surface area contributed by atoms with E-state index in [0.717, 1.165) is 5.56 Å². The van der Waals surface area contributed by atoms with Crippen LogP contribution in [0.5, 0.6) is 0 Å². The molecule has 2 aromatic carbocycles. The summed E-state index contributed by atoms with van der Waals surface area (Å²) >= 11 is 0. The van der Waals surface area contributed by atoms with Gasteiger partial charge >= 0.3 is 0 Å². The highest BCUT2D eigenvalue weighted by Gasteiger charge is 2.15. The van der Waals surface area contributed by atoms with Crippen molar-refractivity contribution in [2.24, 2.45) is 0 Å². The molecule has 8 heteroatoms. The molecule has 0 fully saturated rings. The minimum absolute atomic E-state index is 0.0719. The number of nitro groups is 1. The van der Waals surface area contributed by atoms with E-state index in [0.29, 0.717) is 11.8 Å². The molecule has 0 unspecified atom stereocenters. The van der Waals surface area contributed by atoms with Gasteiger partial charge in [0.05, 0.1) is 4.92 Å². The monoisotopic (exact) mass is 338 g/mol. The van der Waals surface area contributed by atoms with Crippen molar-refractivity contribution in [1.29, 1.82) is 0 Å². The Balaban J connectivity index is 1.60. The Morgan fingerprint density at radius 2 is 1.80 bits per heavy atom. The van der Waals surface area contributed by atoms with Crippen LogP contribution in [0.25, 0.3) is 11.5 Å². The number of carbonyl (C=O) groups is 1. The lowest BCUT2D eigenvalue weighted by molar-refractivity contribution is -0.383. The Morgan fingerprint density at radius 1 is 1.08 bits per heavy atom. The molecule has 0 aliphatic rings. The van der Waals surface area contributed by atoms with Crippen molar-refractivity contribution in [2.45, 2.75) is 12.8 Å². The quantitative estimate of drug-likeness (QED) is 0.545. The van der Waals surface area contributed by atoms with E-state index in [-0.39, 0.29) is 30.1 Å². The van der Waals surface area contributed by atoms with Gasteiger partial charge in [0.15, 0.2) is 0 Å². The van der Waals surface area contributed by atoms with Crippen LogP contribution < -0.4 is 5.32 Å². The summed E-state index contributed by atoms with van der Waals surface area (Å²) in [6.45, 7) is 0. The van der Waals surface area contributed by atoms with Crippen LogP contribution in [0.4, 0.5) is 11.4 Å². The van der Waals surface area contributed by atoms with E-state index in [1.807, 2.05) is 30.3 Å². The van der Waals surface area contributed by atoms with E-state index in [1.165, 1.54) is 18.2 Å². The molecule has 0 saturated carbocycles. The lowest BCUT2D eigenvalue weighted by atomic mass is 10.2. The number of hydrogen-bond acceptors (Lipinski definition) is 6. The number of carbonyl (C=O) groups excluding carboxylic acids is 1. The molecule has 126 valence electrons. The first kappa shape index (κ1) is 16.3. The Hall–Kier alpha value is -3.55. The number of rotatable bonds is 6. The zero-order valence-electron chi connectivity index (χ0n) is 13.1. The smallest absolute Gasteiger partial charge is 0.292 e. The Bertz CT molecular complexity index is 892. The molecule has 1 N–H and O–H groups in total. The average Bonchev–Trinajstić information content (AvgIpc) is 3.10. The van der Waals surface area contributed by atoms with E-state index < -0.39 is 4.92 Å². The SMILES string of the molecule is O=C(CCc1nnc(-c2ccccc2)o1)Nc1ccccc1[N+](=O)[O-]. The summed E-state index contributed by atoms with van der Waals surface area (Å²) in [5, 5.41) is 21.3. The zero-order valence-corrected chi connectivity index (χ0v) is 13.1. The van der Waals surface area contributed by atoms with E-state index in [1.54, 1.807) is 6.07 Å². The third-order valence-corrected chi connectivity index (χ3v) is 3.43. The normalized spacial score (nSPS) is 10.4. The molecule has 3 rings (SSSR count). The lowest BCUT2D eigenvalue weighted by Gasteiger charge is -2.04. The molecule has 1 amide bonds. The van der Waals surface area contributed by atoms with Gasteiger partial charge in [-0.15, -0.1) is 10.2 Å². The molecular formula is C17H14N4O4. The van der Waals surface area contributed by atoms with Crippen molar-refractivity contribution in [3.8, 4) is 11.5 Å². The second-order valence-electron chi connectivity index (χ2n) is 5.19. The molecule has 1 heterocycles. The highest BCUT2D eigenvalue weighted by Crippen LogP contribution is 2.23. The Kier molecular flexibility index (Phi) is 4.79. The van der Waals surface area contributed by atoms with Gasteiger partial charge < -0.3 is 9.73 Å². The van der Waals surface area contributed by atoms with Crippen LogP contribution >= 0.6 is 0 Å². The van der Waals surface area contributed by atoms with E-state index in [4.69, 9.17) is 4.42 Å². The fourth-order valence-electron chi connectivity index (χ4n) is 2.22. The fourth-order valence-corrected chi connectivity index (χ4v) is 2.22. The van der Waals surface area contributed by atoms with Crippen LogP contribution in [0.1, 0.15) is 12.3 Å². The predicted octanol–water partition coefficient (Wildman–Crippen LogP) is 3.22. The van der Waals surface area contributed by atoms with E-state index in [2.05, 4.69) is 15.5 Å². The first-order chi connectivity index (χ1) is 12.1. The van der Waals surface area contributed by atoms with Gasteiger partial charge in [-0.05, 0) is 18.2 Å². The van der Waals surface area contributed by atoms with Gasteiger partial charge in [0, 0.05) is 24.5 Å². The lowest BCUT2D eigenvalue weighted by Crippen LogP contribution is -2.13. The zero-order chi connectivity index (χ0) is 17.6. The summed E-state index contributed by atoms with van der Waals surface area (Å²) < 4.78 is 5.52. The molecule has 3 aromatic rings. The second kappa shape index (κ2) is 7.35. The number of benzene rings is 2. The molecule has 0 atom stereocenters.